The van der Waals surface area contributed by atoms with Crippen LogP contribution in [-0.4, -0.2) is 10.2 Å². The zero-order valence-electron chi connectivity index (χ0n) is 6.75. The Labute approximate surface area is 70.3 Å². The second-order valence-electron chi connectivity index (χ2n) is 2.85. The molecule has 0 aliphatic rings. The van der Waals surface area contributed by atoms with E-state index in [2.05, 4.69) is 6.58 Å². The molecule has 1 atom stereocenters. The molecule has 0 bridgehead atoms. The lowest BCUT2D eigenvalue weighted by Gasteiger charge is -2.19. The number of hydrogen-bond acceptors (Lipinski definition) is 1. The average molecular weight is 163 g/mol. The van der Waals surface area contributed by atoms with Gasteiger partial charge in [0.15, 0.2) is 0 Å². The number of nitrogens with two attached hydrogens (primary N) is 1. The van der Waals surface area contributed by atoms with Crippen LogP contribution < -0.4 is 5.73 Å². The first-order valence-electron chi connectivity index (χ1n) is 3.65. The molecule has 1 aromatic carbocycles. The summed E-state index contributed by atoms with van der Waals surface area (Å²) >= 11 is 0. The number of rotatable bonds is 2. The summed E-state index contributed by atoms with van der Waals surface area (Å²) in [6.45, 7) is 3.72. The normalized spacial score (nSPS) is 15.7. The van der Waals surface area contributed by atoms with Crippen molar-refractivity contribution in [1.82, 2.24) is 0 Å². The minimum absolute atomic E-state index is 0.263. The van der Waals surface area contributed by atoms with Crippen molar-refractivity contribution < 1.29 is 0 Å². The van der Waals surface area contributed by atoms with Crippen LogP contribution in [0.2, 0.25) is 0 Å². The van der Waals surface area contributed by atoms with Gasteiger partial charge in [-0.1, -0.05) is 36.4 Å². The van der Waals surface area contributed by atoms with Crippen molar-refractivity contribution >= 4 is 10.2 Å². The van der Waals surface area contributed by atoms with Gasteiger partial charge in [0.05, 0.1) is 0 Å². The molecule has 1 aromatic rings. The van der Waals surface area contributed by atoms with E-state index in [0.29, 0.717) is 0 Å². The molecule has 2 heteroatoms. The predicted octanol–water partition coefficient (Wildman–Crippen LogP) is 0.350. The van der Waals surface area contributed by atoms with E-state index in [1.165, 1.54) is 0 Å². The average Bonchev–Trinajstić information content (AvgIpc) is 2.06. The first-order valence-corrected chi connectivity index (χ1v) is 4.65. The van der Waals surface area contributed by atoms with Crippen LogP contribution in [-0.2, 0) is 5.16 Å². The van der Waals surface area contributed by atoms with Gasteiger partial charge in [-0.3, -0.25) is 0 Å². The van der Waals surface area contributed by atoms with E-state index < -0.39 is 0 Å². The molecule has 58 valence electrons. The second kappa shape index (κ2) is 3.03. The summed E-state index contributed by atoms with van der Waals surface area (Å²) in [5.41, 5.74) is 7.14. The third-order valence-electron chi connectivity index (χ3n) is 1.82. The molecule has 0 spiro atoms. The Morgan fingerprint density at radius 2 is 1.91 bits per heavy atom. The molecule has 0 radical (unpaired) electrons. The van der Waals surface area contributed by atoms with E-state index in [1.54, 1.807) is 0 Å². The molecule has 0 aliphatic heterocycles. The quantitative estimate of drug-likeness (QED) is 0.494. The van der Waals surface area contributed by atoms with Crippen LogP contribution in [0.15, 0.2) is 43.0 Å². The highest BCUT2D eigenvalue weighted by Gasteiger charge is 2.14. The third kappa shape index (κ3) is 1.79. The number of benzene rings is 1. The van der Waals surface area contributed by atoms with E-state index in [9.17, 15) is 0 Å². The van der Waals surface area contributed by atoms with E-state index in [0.717, 1.165) is 15.8 Å². The van der Waals surface area contributed by atoms with Crippen molar-refractivity contribution in [2.75, 3.05) is 0 Å². The van der Waals surface area contributed by atoms with Crippen molar-refractivity contribution in [1.29, 1.82) is 0 Å². The van der Waals surface area contributed by atoms with E-state index >= 15 is 0 Å². The van der Waals surface area contributed by atoms with Gasteiger partial charge >= 0.3 is 0 Å². The van der Waals surface area contributed by atoms with Crippen molar-refractivity contribution in [2.45, 2.75) is 5.16 Å². The molecular formula is C9H13NSi. The Hall–Kier alpha value is -0.863. The smallest absolute Gasteiger partial charge is 0.0396 e. The molecular weight excluding hydrogens is 150 g/mol. The van der Waals surface area contributed by atoms with Crippen LogP contribution >= 0.6 is 0 Å². The van der Waals surface area contributed by atoms with Crippen molar-refractivity contribution in [3.63, 3.8) is 0 Å². The predicted molar refractivity (Wildman–Crippen MR) is 52.4 cm³/mol. The Balaban J connectivity index is 3.02. The highest BCUT2D eigenvalue weighted by Crippen LogP contribution is 2.13. The maximum absolute atomic E-state index is 5.98. The molecule has 0 saturated carbocycles. The summed E-state index contributed by atoms with van der Waals surface area (Å²) in [7, 11) is 0.896. The highest BCUT2D eigenvalue weighted by atomic mass is 28.1. The lowest BCUT2D eigenvalue weighted by molar-refractivity contribution is 0.811. The van der Waals surface area contributed by atoms with E-state index in [4.69, 9.17) is 5.73 Å². The van der Waals surface area contributed by atoms with Crippen LogP contribution in [0.5, 0.6) is 0 Å². The summed E-state index contributed by atoms with van der Waals surface area (Å²) in [4.78, 5) is 0. The summed E-state index contributed by atoms with van der Waals surface area (Å²) in [6.07, 6.45) is 1.81. The minimum Gasteiger partial charge on any atom is -0.322 e. The molecule has 0 fully saturated rings. The van der Waals surface area contributed by atoms with Gasteiger partial charge in [0.25, 0.3) is 0 Å². The summed E-state index contributed by atoms with van der Waals surface area (Å²) in [6, 6.07) is 10.1. The molecule has 1 unspecified atom stereocenters. The first kappa shape index (κ1) is 8.24. The number of hydrogen-bond donors (Lipinski definition) is 1. The van der Waals surface area contributed by atoms with Gasteiger partial charge in [-0.05, 0) is 5.56 Å². The van der Waals surface area contributed by atoms with Crippen molar-refractivity contribution in [3.05, 3.63) is 48.6 Å². The fourth-order valence-corrected chi connectivity index (χ4v) is 1.25. The van der Waals surface area contributed by atoms with Crippen LogP contribution in [0.25, 0.3) is 0 Å². The zero-order chi connectivity index (χ0) is 8.32. The summed E-state index contributed by atoms with van der Waals surface area (Å²) in [5.74, 6) is 0. The maximum Gasteiger partial charge on any atom is 0.0396 e. The highest BCUT2D eigenvalue weighted by molar-refractivity contribution is 6.16. The fraction of sp³-hybridized carbons (Fsp3) is 0.111. The lowest BCUT2D eigenvalue weighted by Crippen LogP contribution is -2.34. The lowest BCUT2D eigenvalue weighted by atomic mass is 10.1. The van der Waals surface area contributed by atoms with Gasteiger partial charge in [0.1, 0.15) is 0 Å². The Morgan fingerprint density at radius 1 is 1.36 bits per heavy atom. The van der Waals surface area contributed by atoms with Crippen molar-refractivity contribution in [3.8, 4) is 0 Å². The molecule has 0 saturated heterocycles. The summed E-state index contributed by atoms with van der Waals surface area (Å²) < 4.78 is 0. The molecule has 1 nitrogen and oxygen atoms in total. The van der Waals surface area contributed by atoms with E-state index in [1.807, 2.05) is 36.4 Å². The van der Waals surface area contributed by atoms with Gasteiger partial charge in [-0.25, -0.2) is 0 Å². The Bertz CT molecular complexity index is 241. The van der Waals surface area contributed by atoms with Gasteiger partial charge in [-0.2, -0.15) is 0 Å². The van der Waals surface area contributed by atoms with Gasteiger partial charge in [0, 0.05) is 15.4 Å². The topological polar surface area (TPSA) is 26.0 Å². The van der Waals surface area contributed by atoms with Crippen LogP contribution in [0.4, 0.5) is 0 Å². The van der Waals surface area contributed by atoms with E-state index in [-0.39, 0.29) is 5.16 Å². The standard InChI is InChI=1S/C9H13NSi/c1-2-9(10,11)8-6-4-3-5-7-8/h2-7H,1,10H2,11H3. The Kier molecular flexibility index (Phi) is 2.27. The Morgan fingerprint density at radius 3 is 2.36 bits per heavy atom. The molecule has 0 amide bonds. The largest absolute Gasteiger partial charge is 0.322 e. The summed E-state index contributed by atoms with van der Waals surface area (Å²) in [5, 5.41) is -0.263. The molecule has 0 aromatic heterocycles. The van der Waals surface area contributed by atoms with Crippen LogP contribution in [0.3, 0.4) is 0 Å². The van der Waals surface area contributed by atoms with Gasteiger partial charge in [0.2, 0.25) is 0 Å². The van der Waals surface area contributed by atoms with Gasteiger partial charge < -0.3 is 5.73 Å². The van der Waals surface area contributed by atoms with Crippen LogP contribution in [0, 0.1) is 0 Å². The van der Waals surface area contributed by atoms with Crippen molar-refractivity contribution in [2.24, 2.45) is 5.73 Å². The minimum atomic E-state index is -0.263. The molecule has 0 heterocycles. The second-order valence-corrected chi connectivity index (χ2v) is 4.51. The molecule has 2 N–H and O–H groups in total. The molecule has 11 heavy (non-hydrogen) atoms. The third-order valence-corrected chi connectivity index (χ3v) is 2.81. The fourth-order valence-electron chi connectivity index (χ4n) is 0.915. The zero-order valence-corrected chi connectivity index (χ0v) is 8.75. The molecule has 0 aliphatic carbocycles. The first-order chi connectivity index (χ1) is 5.17. The molecule has 1 rings (SSSR count). The monoisotopic (exact) mass is 163 g/mol. The maximum atomic E-state index is 5.98. The van der Waals surface area contributed by atoms with Gasteiger partial charge in [-0.15, -0.1) is 6.58 Å². The SMILES string of the molecule is C=CC(N)([SiH3])c1ccccc1. The van der Waals surface area contributed by atoms with Crippen LogP contribution in [0.1, 0.15) is 5.56 Å².